The Kier molecular flexibility index (Phi) is 4.87. The zero-order valence-corrected chi connectivity index (χ0v) is 13.6. The van der Waals surface area contributed by atoms with Crippen LogP contribution in [0.3, 0.4) is 0 Å². The lowest BCUT2D eigenvalue weighted by molar-refractivity contribution is 0.579. The van der Waals surface area contributed by atoms with Gasteiger partial charge in [0.2, 0.25) is 0 Å². The van der Waals surface area contributed by atoms with Crippen molar-refractivity contribution in [2.75, 3.05) is 28.7 Å². The van der Waals surface area contributed by atoms with E-state index in [0.29, 0.717) is 23.7 Å². The van der Waals surface area contributed by atoms with Crippen molar-refractivity contribution in [1.82, 2.24) is 4.98 Å². The molecule has 1 fully saturated rings. The summed E-state index contributed by atoms with van der Waals surface area (Å²) in [6, 6.07) is 3.60. The Bertz CT molecular complexity index is 604. The van der Waals surface area contributed by atoms with Gasteiger partial charge in [-0.25, -0.2) is 8.42 Å². The number of sulfone groups is 1. The van der Waals surface area contributed by atoms with Crippen LogP contribution in [0, 0.1) is 0 Å². The van der Waals surface area contributed by atoms with E-state index < -0.39 is 15.2 Å². The summed E-state index contributed by atoms with van der Waals surface area (Å²) in [6.45, 7) is 2.32. The molecule has 1 aliphatic heterocycles. The molecule has 110 valence electrons. The minimum atomic E-state index is -3.17. The Morgan fingerprint density at radius 2 is 2.40 bits per heavy atom. The van der Waals surface area contributed by atoms with Crippen molar-refractivity contribution >= 4 is 44.5 Å². The summed E-state index contributed by atoms with van der Waals surface area (Å²) in [5.41, 5.74) is 6.90. The van der Waals surface area contributed by atoms with Gasteiger partial charge >= 0.3 is 0 Å². The molecule has 0 spiro atoms. The lowest BCUT2D eigenvalue weighted by Crippen LogP contribution is -2.48. The summed E-state index contributed by atoms with van der Waals surface area (Å²) in [5, 5.41) is -0.538. The molecule has 1 saturated heterocycles. The molecule has 2 rings (SSSR count). The molecular weight excluding hydrogens is 314 g/mol. The Balaban J connectivity index is 2.46. The van der Waals surface area contributed by atoms with Crippen molar-refractivity contribution < 1.29 is 8.42 Å². The van der Waals surface area contributed by atoms with E-state index in [9.17, 15) is 8.42 Å². The van der Waals surface area contributed by atoms with Gasteiger partial charge in [-0.15, -0.1) is 0 Å². The van der Waals surface area contributed by atoms with Crippen LogP contribution in [0.15, 0.2) is 18.3 Å². The minimum absolute atomic E-state index is 0.122. The fourth-order valence-electron chi connectivity index (χ4n) is 2.16. The third-order valence-corrected chi connectivity index (χ3v) is 6.71. The number of hydrogen-bond donors (Lipinski definition) is 1. The van der Waals surface area contributed by atoms with Crippen molar-refractivity contribution in [3.8, 4) is 0 Å². The summed E-state index contributed by atoms with van der Waals surface area (Å²) < 4.78 is 24.6. The average molecular weight is 331 g/mol. The number of thioether (sulfide) groups is 1. The predicted octanol–water partition coefficient (Wildman–Crippen LogP) is 1.03. The molecule has 8 heteroatoms. The lowest BCUT2D eigenvalue weighted by Gasteiger charge is -2.37. The van der Waals surface area contributed by atoms with Crippen LogP contribution in [0.25, 0.3) is 0 Å². The van der Waals surface area contributed by atoms with E-state index in [1.165, 1.54) is 0 Å². The molecule has 0 aromatic carbocycles. The van der Waals surface area contributed by atoms with E-state index in [0.717, 1.165) is 5.75 Å². The SMILES string of the molecule is CCS(=O)(=O)C1CSCCN1c1cccnc1C(N)=S. The van der Waals surface area contributed by atoms with Crippen LogP contribution in [-0.2, 0) is 9.84 Å². The summed E-state index contributed by atoms with van der Waals surface area (Å²) in [7, 11) is -3.17. The van der Waals surface area contributed by atoms with E-state index in [-0.39, 0.29) is 10.7 Å². The average Bonchev–Trinajstić information content (AvgIpc) is 2.47. The monoisotopic (exact) mass is 331 g/mol. The Morgan fingerprint density at radius 1 is 1.65 bits per heavy atom. The molecule has 0 saturated carbocycles. The summed E-state index contributed by atoms with van der Waals surface area (Å²) >= 11 is 6.67. The quantitative estimate of drug-likeness (QED) is 0.826. The molecule has 0 amide bonds. The van der Waals surface area contributed by atoms with E-state index >= 15 is 0 Å². The first-order valence-electron chi connectivity index (χ1n) is 6.28. The van der Waals surface area contributed by atoms with Gasteiger partial charge in [0.1, 0.15) is 16.1 Å². The highest BCUT2D eigenvalue weighted by Gasteiger charge is 2.34. The van der Waals surface area contributed by atoms with E-state index in [1.807, 2.05) is 11.0 Å². The minimum Gasteiger partial charge on any atom is -0.388 e. The number of nitrogens with zero attached hydrogens (tertiary/aromatic N) is 2. The molecule has 20 heavy (non-hydrogen) atoms. The molecule has 0 bridgehead atoms. The number of thiocarbonyl (C=S) groups is 1. The Hall–Kier alpha value is -0.860. The van der Waals surface area contributed by atoms with Gasteiger partial charge in [-0.1, -0.05) is 19.1 Å². The van der Waals surface area contributed by atoms with Gasteiger partial charge in [0.15, 0.2) is 9.84 Å². The van der Waals surface area contributed by atoms with Crippen molar-refractivity contribution in [2.45, 2.75) is 12.3 Å². The number of aromatic nitrogens is 1. The highest BCUT2D eigenvalue weighted by Crippen LogP contribution is 2.29. The highest BCUT2D eigenvalue weighted by atomic mass is 32.2. The van der Waals surface area contributed by atoms with Crippen LogP contribution >= 0.6 is 24.0 Å². The van der Waals surface area contributed by atoms with Crippen LogP contribution in [0.4, 0.5) is 5.69 Å². The molecule has 0 radical (unpaired) electrons. The maximum atomic E-state index is 12.3. The molecule has 1 unspecified atom stereocenters. The predicted molar refractivity (Wildman–Crippen MR) is 88.0 cm³/mol. The van der Waals surface area contributed by atoms with E-state index in [2.05, 4.69) is 4.98 Å². The Labute approximate surface area is 128 Å². The van der Waals surface area contributed by atoms with Gasteiger partial charge in [0, 0.05) is 30.0 Å². The van der Waals surface area contributed by atoms with Gasteiger partial charge in [-0.2, -0.15) is 11.8 Å². The van der Waals surface area contributed by atoms with Crippen molar-refractivity contribution in [3.63, 3.8) is 0 Å². The number of nitrogens with two attached hydrogens (primary N) is 1. The topological polar surface area (TPSA) is 76.3 Å². The normalized spacial score (nSPS) is 19.9. The smallest absolute Gasteiger partial charge is 0.171 e. The van der Waals surface area contributed by atoms with Crippen LogP contribution in [0.1, 0.15) is 12.6 Å². The van der Waals surface area contributed by atoms with Gasteiger partial charge in [-0.05, 0) is 12.1 Å². The molecule has 1 atom stereocenters. The molecule has 2 N–H and O–H groups in total. The Morgan fingerprint density at radius 3 is 3.05 bits per heavy atom. The fraction of sp³-hybridized carbons (Fsp3) is 0.500. The first kappa shape index (κ1) is 15.5. The number of pyridine rings is 1. The van der Waals surface area contributed by atoms with Gasteiger partial charge in [-0.3, -0.25) is 4.98 Å². The van der Waals surface area contributed by atoms with Crippen LogP contribution < -0.4 is 10.6 Å². The van der Waals surface area contributed by atoms with Crippen molar-refractivity contribution in [2.24, 2.45) is 5.73 Å². The largest absolute Gasteiger partial charge is 0.388 e. The van der Waals surface area contributed by atoms with Gasteiger partial charge in [0.05, 0.1) is 5.69 Å². The number of hydrogen-bond acceptors (Lipinski definition) is 6. The number of anilines is 1. The molecule has 2 heterocycles. The fourth-order valence-corrected chi connectivity index (χ4v) is 5.31. The second-order valence-electron chi connectivity index (χ2n) is 4.41. The molecule has 0 aliphatic carbocycles. The maximum absolute atomic E-state index is 12.3. The zero-order chi connectivity index (χ0) is 14.8. The standard InChI is InChI=1S/C12H17N3O2S3/c1-2-20(16,17)10-8-19-7-6-15(10)9-4-3-5-14-11(9)12(13)18/h3-5,10H,2,6-8H2,1H3,(H2,13,18). The molecule has 5 nitrogen and oxygen atoms in total. The highest BCUT2D eigenvalue weighted by molar-refractivity contribution is 8.01. The molecule has 1 aromatic heterocycles. The lowest BCUT2D eigenvalue weighted by atomic mass is 10.2. The zero-order valence-electron chi connectivity index (χ0n) is 11.2. The summed E-state index contributed by atoms with van der Waals surface area (Å²) in [4.78, 5) is 6.24. The van der Waals surface area contributed by atoms with Gasteiger partial charge < -0.3 is 10.6 Å². The van der Waals surface area contributed by atoms with Crippen molar-refractivity contribution in [1.29, 1.82) is 0 Å². The van der Waals surface area contributed by atoms with Crippen LogP contribution in [0.5, 0.6) is 0 Å². The third kappa shape index (κ3) is 3.07. The molecular formula is C12H17N3O2S3. The maximum Gasteiger partial charge on any atom is 0.171 e. The molecule has 1 aliphatic rings. The van der Waals surface area contributed by atoms with E-state index in [1.54, 1.807) is 30.9 Å². The summed E-state index contributed by atoms with van der Waals surface area (Å²) in [5.74, 6) is 1.56. The van der Waals surface area contributed by atoms with Crippen molar-refractivity contribution in [3.05, 3.63) is 24.0 Å². The third-order valence-electron chi connectivity index (χ3n) is 3.23. The first-order valence-corrected chi connectivity index (χ1v) is 9.56. The molecule has 1 aromatic rings. The second-order valence-corrected chi connectivity index (χ2v) is 8.45. The van der Waals surface area contributed by atoms with Gasteiger partial charge in [0.25, 0.3) is 0 Å². The van der Waals surface area contributed by atoms with E-state index in [4.69, 9.17) is 18.0 Å². The van der Waals surface area contributed by atoms with Crippen LogP contribution in [-0.4, -0.2) is 47.6 Å². The second kappa shape index (κ2) is 6.28. The summed E-state index contributed by atoms with van der Waals surface area (Å²) in [6.07, 6.45) is 1.61. The van der Waals surface area contributed by atoms with Crippen LogP contribution in [0.2, 0.25) is 0 Å². The first-order chi connectivity index (χ1) is 9.47. The number of rotatable bonds is 4.